The van der Waals surface area contributed by atoms with Crippen molar-refractivity contribution in [3.63, 3.8) is 0 Å². The molecule has 0 fully saturated rings. The molecule has 1 heterocycles. The van der Waals surface area contributed by atoms with Gasteiger partial charge in [0.1, 0.15) is 5.75 Å². The summed E-state index contributed by atoms with van der Waals surface area (Å²) in [5, 5.41) is 11.0. The average molecular weight is 305 g/mol. The molecule has 1 aromatic carbocycles. The van der Waals surface area contributed by atoms with Crippen molar-refractivity contribution in [3.8, 4) is 17.2 Å². The lowest BCUT2D eigenvalue weighted by molar-refractivity contribution is 0.233. The van der Waals surface area contributed by atoms with Crippen LogP contribution >= 0.6 is 0 Å². The molecule has 0 amide bonds. The molecule has 0 saturated heterocycles. The van der Waals surface area contributed by atoms with Crippen molar-refractivity contribution < 1.29 is 14.6 Å². The van der Waals surface area contributed by atoms with Crippen LogP contribution in [0.4, 0.5) is 0 Å². The van der Waals surface area contributed by atoms with Crippen molar-refractivity contribution in [1.82, 2.24) is 4.57 Å². The smallest absolute Gasteiger partial charge is 0.297 e. The van der Waals surface area contributed by atoms with E-state index in [1.165, 1.54) is 0 Å². The van der Waals surface area contributed by atoms with Gasteiger partial charge in [-0.1, -0.05) is 13.3 Å². The molecule has 0 spiro atoms. The van der Waals surface area contributed by atoms with Gasteiger partial charge in [0.05, 0.1) is 18.7 Å². The van der Waals surface area contributed by atoms with Crippen molar-refractivity contribution in [3.05, 3.63) is 28.6 Å². The molecule has 120 valence electrons. The van der Waals surface area contributed by atoms with Crippen molar-refractivity contribution in [1.29, 1.82) is 0 Å². The number of nitrogens with zero attached hydrogens (tertiary/aromatic N) is 1. The summed E-state index contributed by atoms with van der Waals surface area (Å²) in [5.41, 5.74) is 0.288. The predicted molar refractivity (Wildman–Crippen MR) is 87.1 cm³/mol. The first-order chi connectivity index (χ1) is 10.5. The summed E-state index contributed by atoms with van der Waals surface area (Å²) >= 11 is 0. The average Bonchev–Trinajstić information content (AvgIpc) is 2.50. The van der Waals surface area contributed by atoms with Crippen LogP contribution in [-0.4, -0.2) is 22.9 Å². The van der Waals surface area contributed by atoms with Gasteiger partial charge in [-0.15, -0.1) is 0 Å². The van der Waals surface area contributed by atoms with Gasteiger partial charge < -0.3 is 19.1 Å². The third-order valence-corrected chi connectivity index (χ3v) is 3.49. The molecule has 0 aliphatic rings. The van der Waals surface area contributed by atoms with Crippen LogP contribution in [0.1, 0.15) is 33.6 Å². The highest BCUT2D eigenvalue weighted by Crippen LogP contribution is 2.34. The van der Waals surface area contributed by atoms with Crippen LogP contribution in [0.3, 0.4) is 0 Å². The molecule has 1 N–H and O–H groups in total. The summed E-state index contributed by atoms with van der Waals surface area (Å²) in [7, 11) is 1.58. The molecule has 2 aromatic rings. The van der Waals surface area contributed by atoms with Crippen LogP contribution in [0.15, 0.2) is 23.0 Å². The molecule has 0 bridgehead atoms. The lowest BCUT2D eigenvalue weighted by Gasteiger charge is -2.18. The lowest BCUT2D eigenvalue weighted by atomic mass is 10.1. The van der Waals surface area contributed by atoms with Crippen LogP contribution in [0.25, 0.3) is 10.9 Å². The Bertz CT molecular complexity index is 719. The molecule has 5 heteroatoms. The fourth-order valence-corrected chi connectivity index (χ4v) is 2.41. The van der Waals surface area contributed by atoms with Gasteiger partial charge in [0, 0.05) is 18.0 Å². The maximum absolute atomic E-state index is 12.5. The Morgan fingerprint density at radius 1 is 1.32 bits per heavy atom. The fraction of sp³-hybridized carbons (Fsp3) is 0.471. The second-order valence-electron chi connectivity index (χ2n) is 5.54. The van der Waals surface area contributed by atoms with E-state index in [1.54, 1.807) is 23.8 Å². The number of hydrogen-bond donors (Lipinski definition) is 1. The van der Waals surface area contributed by atoms with Gasteiger partial charge in [0.15, 0.2) is 5.75 Å². The van der Waals surface area contributed by atoms with Gasteiger partial charge in [-0.25, -0.2) is 0 Å². The molecular weight excluding hydrogens is 282 g/mol. The Kier molecular flexibility index (Phi) is 4.96. The van der Waals surface area contributed by atoms with Crippen molar-refractivity contribution in [2.75, 3.05) is 7.11 Å². The minimum atomic E-state index is -0.426. The first kappa shape index (κ1) is 16.2. The second kappa shape index (κ2) is 6.73. The molecule has 22 heavy (non-hydrogen) atoms. The zero-order chi connectivity index (χ0) is 16.3. The molecule has 0 radical (unpaired) electrons. The van der Waals surface area contributed by atoms with Crippen LogP contribution in [0.5, 0.6) is 17.2 Å². The van der Waals surface area contributed by atoms with Gasteiger partial charge in [-0.2, -0.15) is 0 Å². The van der Waals surface area contributed by atoms with Gasteiger partial charge >= 0.3 is 0 Å². The fourth-order valence-electron chi connectivity index (χ4n) is 2.41. The zero-order valence-corrected chi connectivity index (χ0v) is 13.5. The number of benzene rings is 1. The molecule has 0 saturated carbocycles. The molecular formula is C17H23NO4. The summed E-state index contributed by atoms with van der Waals surface area (Å²) in [6.45, 7) is 6.33. The number of methoxy groups -OCH3 is 1. The molecule has 0 unspecified atom stereocenters. The van der Waals surface area contributed by atoms with Gasteiger partial charge in [-0.3, -0.25) is 4.79 Å². The number of unbranched alkanes of at least 4 members (excludes halogenated alkanes) is 1. The number of hydrogen-bond acceptors (Lipinski definition) is 4. The molecule has 1 aromatic heterocycles. The van der Waals surface area contributed by atoms with E-state index in [1.807, 2.05) is 19.9 Å². The highest BCUT2D eigenvalue weighted by atomic mass is 16.5. The number of aromatic nitrogens is 1. The Morgan fingerprint density at radius 3 is 2.64 bits per heavy atom. The SMILES string of the molecule is CCCCn1c(=O)c(O)c(OC(C)C)c2ccc(OC)cc21. The van der Waals surface area contributed by atoms with Gasteiger partial charge in [-0.05, 0) is 32.4 Å². The second-order valence-corrected chi connectivity index (χ2v) is 5.54. The topological polar surface area (TPSA) is 60.7 Å². The highest BCUT2D eigenvalue weighted by molar-refractivity contribution is 5.88. The number of pyridine rings is 1. The lowest BCUT2D eigenvalue weighted by Crippen LogP contribution is -2.22. The normalized spacial score (nSPS) is 11.1. The van der Waals surface area contributed by atoms with E-state index in [-0.39, 0.29) is 17.6 Å². The third-order valence-electron chi connectivity index (χ3n) is 3.49. The van der Waals surface area contributed by atoms with E-state index < -0.39 is 5.56 Å². The number of aromatic hydroxyl groups is 1. The van der Waals surface area contributed by atoms with Crippen molar-refractivity contribution in [2.24, 2.45) is 0 Å². The van der Waals surface area contributed by atoms with Gasteiger partial charge in [0.2, 0.25) is 5.75 Å². The molecule has 5 nitrogen and oxygen atoms in total. The number of fused-ring (bicyclic) bond motifs is 1. The van der Waals surface area contributed by atoms with E-state index in [2.05, 4.69) is 6.92 Å². The quantitative estimate of drug-likeness (QED) is 0.889. The van der Waals surface area contributed by atoms with Crippen molar-refractivity contribution in [2.45, 2.75) is 46.3 Å². The minimum absolute atomic E-state index is 0.137. The van der Waals surface area contributed by atoms with Crippen LogP contribution in [-0.2, 0) is 6.54 Å². The molecule has 0 atom stereocenters. The van der Waals surface area contributed by atoms with E-state index >= 15 is 0 Å². The van der Waals surface area contributed by atoms with Crippen LogP contribution in [0, 0.1) is 0 Å². The first-order valence-corrected chi connectivity index (χ1v) is 7.59. The molecule has 2 rings (SSSR count). The Labute approximate surface area is 130 Å². The Morgan fingerprint density at radius 2 is 2.05 bits per heavy atom. The summed E-state index contributed by atoms with van der Waals surface area (Å²) in [6, 6.07) is 5.41. The predicted octanol–water partition coefficient (Wildman–Crippen LogP) is 3.30. The third kappa shape index (κ3) is 3.03. The maximum atomic E-state index is 12.5. The number of ether oxygens (including phenoxy) is 2. The standard InChI is InChI=1S/C17H23NO4/c1-5-6-9-18-14-10-12(21-4)7-8-13(14)16(22-11(2)3)15(19)17(18)20/h7-8,10-11,19H,5-6,9H2,1-4H3. The van der Waals surface area contributed by atoms with Crippen LogP contribution < -0.4 is 15.0 Å². The first-order valence-electron chi connectivity index (χ1n) is 7.59. The van der Waals surface area contributed by atoms with Crippen LogP contribution in [0.2, 0.25) is 0 Å². The number of rotatable bonds is 6. The molecule has 0 aliphatic carbocycles. The Hall–Kier alpha value is -2.17. The van der Waals surface area contributed by atoms with Crippen molar-refractivity contribution >= 4 is 10.9 Å². The monoisotopic (exact) mass is 305 g/mol. The van der Waals surface area contributed by atoms with E-state index in [4.69, 9.17) is 9.47 Å². The Balaban J connectivity index is 2.76. The summed E-state index contributed by atoms with van der Waals surface area (Å²) in [6.07, 6.45) is 1.68. The van der Waals surface area contributed by atoms with E-state index in [0.717, 1.165) is 12.8 Å². The maximum Gasteiger partial charge on any atom is 0.297 e. The largest absolute Gasteiger partial charge is 0.500 e. The molecule has 0 aliphatic heterocycles. The summed E-state index contributed by atoms with van der Waals surface area (Å²) in [5.74, 6) is 0.575. The minimum Gasteiger partial charge on any atom is -0.500 e. The number of aryl methyl sites for hydroxylation is 1. The van der Waals surface area contributed by atoms with E-state index in [0.29, 0.717) is 23.2 Å². The summed E-state index contributed by atoms with van der Waals surface area (Å²) < 4.78 is 12.5. The summed E-state index contributed by atoms with van der Waals surface area (Å²) in [4.78, 5) is 12.5. The van der Waals surface area contributed by atoms with Gasteiger partial charge in [0.25, 0.3) is 5.56 Å². The zero-order valence-electron chi connectivity index (χ0n) is 13.5. The highest BCUT2D eigenvalue weighted by Gasteiger charge is 2.18. The van der Waals surface area contributed by atoms with E-state index in [9.17, 15) is 9.90 Å².